The molecule has 0 bridgehead atoms. The van der Waals surface area contributed by atoms with E-state index in [1.807, 2.05) is 12.1 Å². The first-order valence-electron chi connectivity index (χ1n) is 8.37. The molecule has 1 aromatic heterocycles. The fourth-order valence-electron chi connectivity index (χ4n) is 2.47. The Hall–Kier alpha value is -1.29. The number of hydrogen-bond donors (Lipinski definition) is 2. The van der Waals surface area contributed by atoms with Crippen LogP contribution in [0.3, 0.4) is 0 Å². The molecule has 25 heavy (non-hydrogen) atoms. The molecule has 7 nitrogen and oxygen atoms in total. The number of carbonyl (C=O) groups excluding carboxylic acids is 1. The second-order valence-electron chi connectivity index (χ2n) is 6.46. The number of hydrogen-bond acceptors (Lipinski definition) is 4. The highest BCUT2D eigenvalue weighted by Crippen LogP contribution is 2.23. The van der Waals surface area contributed by atoms with Gasteiger partial charge in [-0.1, -0.05) is 0 Å². The molecule has 1 aliphatic rings. The van der Waals surface area contributed by atoms with Gasteiger partial charge in [0.2, 0.25) is 5.91 Å². The molecule has 2 N–H and O–H groups in total. The lowest BCUT2D eigenvalue weighted by atomic mass is 10.0. The van der Waals surface area contributed by atoms with Gasteiger partial charge in [0.25, 0.3) is 0 Å². The van der Waals surface area contributed by atoms with Gasteiger partial charge in [0.15, 0.2) is 5.96 Å². The van der Waals surface area contributed by atoms with Gasteiger partial charge in [-0.2, -0.15) is 0 Å². The SMILES string of the molecule is CN(C)C(=O)CN=C(NCCc1ccco1)NCC1(C)CCCO1.I. The van der Waals surface area contributed by atoms with Crippen LogP contribution in [-0.4, -0.2) is 62.7 Å². The molecule has 0 saturated carbocycles. The Balaban J connectivity index is 0.00000312. The van der Waals surface area contributed by atoms with Gasteiger partial charge in [-0.05, 0) is 31.9 Å². The van der Waals surface area contributed by atoms with E-state index in [-0.39, 0.29) is 42.0 Å². The van der Waals surface area contributed by atoms with E-state index in [2.05, 4.69) is 22.5 Å². The Morgan fingerprint density at radius 2 is 2.20 bits per heavy atom. The van der Waals surface area contributed by atoms with Gasteiger partial charge in [-0.3, -0.25) is 4.79 Å². The zero-order valence-corrected chi connectivity index (χ0v) is 17.5. The van der Waals surface area contributed by atoms with Gasteiger partial charge >= 0.3 is 0 Å². The van der Waals surface area contributed by atoms with Crippen molar-refractivity contribution in [2.24, 2.45) is 4.99 Å². The molecule has 2 rings (SSSR count). The van der Waals surface area contributed by atoms with Crippen molar-refractivity contribution in [1.82, 2.24) is 15.5 Å². The Kier molecular flexibility index (Phi) is 9.26. The van der Waals surface area contributed by atoms with E-state index in [9.17, 15) is 4.79 Å². The van der Waals surface area contributed by atoms with Crippen molar-refractivity contribution in [2.45, 2.75) is 31.8 Å². The van der Waals surface area contributed by atoms with Gasteiger partial charge in [0.1, 0.15) is 12.3 Å². The van der Waals surface area contributed by atoms with Crippen LogP contribution in [0.2, 0.25) is 0 Å². The Morgan fingerprint density at radius 1 is 1.40 bits per heavy atom. The molecule has 0 radical (unpaired) electrons. The summed E-state index contributed by atoms with van der Waals surface area (Å²) in [4.78, 5) is 17.7. The number of nitrogens with one attached hydrogen (secondary N) is 2. The molecule has 142 valence electrons. The third kappa shape index (κ3) is 7.64. The number of likely N-dealkylation sites (N-methyl/N-ethyl adjacent to an activating group) is 1. The molecule has 0 spiro atoms. The second-order valence-corrected chi connectivity index (χ2v) is 6.46. The van der Waals surface area contributed by atoms with Crippen molar-refractivity contribution in [3.05, 3.63) is 24.2 Å². The quantitative estimate of drug-likeness (QED) is 0.365. The van der Waals surface area contributed by atoms with Crippen LogP contribution in [0, 0.1) is 0 Å². The molecule has 0 aliphatic carbocycles. The normalized spacial score (nSPS) is 20.0. The molecule has 1 atom stereocenters. The molecule has 1 aliphatic heterocycles. The molecule has 0 aromatic carbocycles. The first-order chi connectivity index (χ1) is 11.5. The average Bonchev–Trinajstić information content (AvgIpc) is 3.21. The van der Waals surface area contributed by atoms with E-state index in [1.54, 1.807) is 20.4 Å². The van der Waals surface area contributed by atoms with E-state index >= 15 is 0 Å². The van der Waals surface area contributed by atoms with Gasteiger partial charge in [0, 0.05) is 40.2 Å². The van der Waals surface area contributed by atoms with Gasteiger partial charge in [0.05, 0.1) is 11.9 Å². The summed E-state index contributed by atoms with van der Waals surface area (Å²) < 4.78 is 11.1. The first kappa shape index (κ1) is 21.8. The maximum Gasteiger partial charge on any atom is 0.243 e. The van der Waals surface area contributed by atoms with Crippen LogP contribution in [0.25, 0.3) is 0 Å². The van der Waals surface area contributed by atoms with Crippen molar-refractivity contribution in [2.75, 3.05) is 40.3 Å². The fourth-order valence-corrected chi connectivity index (χ4v) is 2.47. The minimum atomic E-state index is -0.172. The molecule has 1 fully saturated rings. The second kappa shape index (κ2) is 10.6. The Bertz CT molecular complexity index is 540. The van der Waals surface area contributed by atoms with Crippen molar-refractivity contribution < 1.29 is 13.9 Å². The van der Waals surface area contributed by atoms with Gasteiger partial charge < -0.3 is 24.7 Å². The number of rotatable bonds is 7. The summed E-state index contributed by atoms with van der Waals surface area (Å²) in [6.07, 6.45) is 4.52. The molecule has 2 heterocycles. The van der Waals surface area contributed by atoms with Gasteiger partial charge in [-0.25, -0.2) is 4.99 Å². The van der Waals surface area contributed by atoms with Crippen molar-refractivity contribution in [3.63, 3.8) is 0 Å². The lowest BCUT2D eigenvalue weighted by Crippen LogP contribution is -2.46. The summed E-state index contributed by atoms with van der Waals surface area (Å²) >= 11 is 0. The third-order valence-electron chi connectivity index (χ3n) is 4.05. The van der Waals surface area contributed by atoms with Crippen molar-refractivity contribution in [1.29, 1.82) is 0 Å². The third-order valence-corrected chi connectivity index (χ3v) is 4.05. The number of amides is 1. The standard InChI is InChI=1S/C17H28N4O3.HI/c1-17(8-5-11-24-17)13-20-16(19-12-15(22)21(2)3)18-9-7-14-6-4-10-23-14;/h4,6,10H,5,7-9,11-13H2,1-3H3,(H2,18,19,20);1H. The fraction of sp³-hybridized carbons (Fsp3) is 0.647. The van der Waals surface area contributed by atoms with Gasteiger partial charge in [-0.15, -0.1) is 24.0 Å². The molecular weight excluding hydrogens is 435 g/mol. The highest BCUT2D eigenvalue weighted by molar-refractivity contribution is 14.0. The highest BCUT2D eigenvalue weighted by Gasteiger charge is 2.29. The van der Waals surface area contributed by atoms with Crippen LogP contribution < -0.4 is 10.6 Å². The maximum absolute atomic E-state index is 11.8. The monoisotopic (exact) mass is 464 g/mol. The van der Waals surface area contributed by atoms with Crippen LogP contribution in [0.1, 0.15) is 25.5 Å². The minimum absolute atomic E-state index is 0. The van der Waals surface area contributed by atoms with E-state index in [0.29, 0.717) is 19.0 Å². The molecule has 1 amide bonds. The summed E-state index contributed by atoms with van der Waals surface area (Å²) in [6.45, 7) is 4.34. The van der Waals surface area contributed by atoms with Crippen LogP contribution in [-0.2, 0) is 16.0 Å². The summed E-state index contributed by atoms with van der Waals surface area (Å²) in [7, 11) is 3.45. The molecular formula is C17H29IN4O3. The summed E-state index contributed by atoms with van der Waals surface area (Å²) in [6, 6.07) is 3.81. The number of nitrogens with zero attached hydrogens (tertiary/aromatic N) is 2. The van der Waals surface area contributed by atoms with Crippen molar-refractivity contribution >= 4 is 35.8 Å². The smallest absolute Gasteiger partial charge is 0.243 e. The lowest BCUT2D eigenvalue weighted by Gasteiger charge is -2.25. The molecule has 1 unspecified atom stereocenters. The Morgan fingerprint density at radius 3 is 2.80 bits per heavy atom. The summed E-state index contributed by atoms with van der Waals surface area (Å²) in [5.41, 5.74) is -0.172. The lowest BCUT2D eigenvalue weighted by molar-refractivity contribution is -0.127. The molecule has 8 heteroatoms. The number of furan rings is 1. The first-order valence-corrected chi connectivity index (χ1v) is 8.37. The average molecular weight is 464 g/mol. The number of aliphatic imine (C=N–C) groups is 1. The predicted octanol–water partition coefficient (Wildman–Crippen LogP) is 1.63. The predicted molar refractivity (Wildman–Crippen MR) is 108 cm³/mol. The van der Waals surface area contributed by atoms with Crippen LogP contribution in [0.5, 0.6) is 0 Å². The van der Waals surface area contributed by atoms with E-state index in [4.69, 9.17) is 9.15 Å². The van der Waals surface area contributed by atoms with Crippen LogP contribution in [0.4, 0.5) is 0 Å². The number of guanidine groups is 1. The highest BCUT2D eigenvalue weighted by atomic mass is 127. The molecule has 1 aromatic rings. The number of ether oxygens (including phenoxy) is 1. The van der Waals surface area contributed by atoms with E-state index in [0.717, 1.165) is 31.6 Å². The summed E-state index contributed by atoms with van der Waals surface area (Å²) in [5.74, 6) is 1.50. The largest absolute Gasteiger partial charge is 0.469 e. The minimum Gasteiger partial charge on any atom is -0.469 e. The van der Waals surface area contributed by atoms with E-state index in [1.165, 1.54) is 4.90 Å². The van der Waals surface area contributed by atoms with Crippen LogP contribution >= 0.6 is 24.0 Å². The van der Waals surface area contributed by atoms with E-state index < -0.39 is 0 Å². The maximum atomic E-state index is 11.8. The number of carbonyl (C=O) groups is 1. The summed E-state index contributed by atoms with van der Waals surface area (Å²) in [5, 5.41) is 6.54. The number of halogens is 1. The molecule has 1 saturated heterocycles. The Labute approximate surface area is 166 Å². The van der Waals surface area contributed by atoms with Crippen LogP contribution in [0.15, 0.2) is 27.8 Å². The topological polar surface area (TPSA) is 79.1 Å². The zero-order valence-electron chi connectivity index (χ0n) is 15.2. The zero-order chi connectivity index (χ0) is 17.4. The van der Waals surface area contributed by atoms with Crippen molar-refractivity contribution in [3.8, 4) is 0 Å².